The molecule has 0 unspecified atom stereocenters. The van der Waals surface area contributed by atoms with Gasteiger partial charge in [0.15, 0.2) is 0 Å². The molecule has 0 spiro atoms. The molecule has 1 aromatic heterocycles. The van der Waals surface area contributed by atoms with Gasteiger partial charge in [0.25, 0.3) is 5.91 Å². The first kappa shape index (κ1) is 18.4. The molecule has 1 saturated heterocycles. The van der Waals surface area contributed by atoms with Crippen molar-refractivity contribution in [1.82, 2.24) is 15.2 Å². The van der Waals surface area contributed by atoms with E-state index in [-0.39, 0.29) is 17.8 Å². The van der Waals surface area contributed by atoms with E-state index in [2.05, 4.69) is 15.2 Å². The minimum absolute atomic E-state index is 0.0978. The molecule has 28 heavy (non-hydrogen) atoms. The normalized spacial score (nSPS) is 14.6. The second-order valence-electron chi connectivity index (χ2n) is 6.98. The maximum Gasteiger partial charge on any atom is 0.252 e. The van der Waals surface area contributed by atoms with Gasteiger partial charge in [-0.05, 0) is 42.8 Å². The minimum atomic E-state index is -0.260. The van der Waals surface area contributed by atoms with Crippen molar-refractivity contribution in [2.45, 2.75) is 12.5 Å². The Morgan fingerprint density at radius 2 is 1.96 bits per heavy atom. The monoisotopic (exact) mass is 379 g/mol. The molecular formula is C22H22FN3O2. The number of carbonyl (C=O) groups excluding carboxylic acids is 1. The van der Waals surface area contributed by atoms with Crippen molar-refractivity contribution >= 4 is 16.8 Å². The van der Waals surface area contributed by atoms with Gasteiger partial charge in [-0.15, -0.1) is 0 Å². The first-order valence-electron chi connectivity index (χ1n) is 9.45. The number of benzene rings is 2. The van der Waals surface area contributed by atoms with E-state index in [1.807, 2.05) is 30.3 Å². The number of para-hydroxylation sites is 1. The van der Waals surface area contributed by atoms with Gasteiger partial charge in [-0.3, -0.25) is 14.7 Å². The number of ether oxygens (including phenoxy) is 1. The topological polar surface area (TPSA) is 54.5 Å². The molecule has 6 heteroatoms. The van der Waals surface area contributed by atoms with Crippen molar-refractivity contribution in [2.24, 2.45) is 0 Å². The summed E-state index contributed by atoms with van der Waals surface area (Å²) in [6.07, 6.45) is 2.63. The Kier molecular flexibility index (Phi) is 5.48. The van der Waals surface area contributed by atoms with Gasteiger partial charge in [-0.2, -0.15) is 0 Å². The fraction of sp³-hybridized carbons (Fsp3) is 0.273. The predicted molar refractivity (Wildman–Crippen MR) is 106 cm³/mol. The first-order chi connectivity index (χ1) is 13.7. The molecule has 2 heterocycles. The molecular weight excluding hydrogens is 357 g/mol. The molecule has 0 aliphatic carbocycles. The molecule has 0 bridgehead atoms. The maximum absolute atomic E-state index is 12.9. The molecule has 0 saturated carbocycles. The Labute approximate surface area is 163 Å². The molecule has 4 rings (SSSR count). The van der Waals surface area contributed by atoms with Crippen LogP contribution in [0.3, 0.4) is 0 Å². The third-order valence-corrected chi connectivity index (χ3v) is 4.83. The number of pyridine rings is 1. The summed E-state index contributed by atoms with van der Waals surface area (Å²) in [4.78, 5) is 18.9. The number of rotatable bonds is 7. The van der Waals surface area contributed by atoms with Crippen LogP contribution in [0.1, 0.15) is 16.8 Å². The van der Waals surface area contributed by atoms with Crippen molar-refractivity contribution in [3.05, 3.63) is 72.2 Å². The number of nitrogens with one attached hydrogen (secondary N) is 1. The van der Waals surface area contributed by atoms with Crippen molar-refractivity contribution in [3.8, 4) is 5.75 Å². The molecule has 5 nitrogen and oxygen atoms in total. The van der Waals surface area contributed by atoms with Crippen LogP contribution in [0.4, 0.5) is 4.39 Å². The molecule has 0 radical (unpaired) electrons. The fourth-order valence-corrected chi connectivity index (χ4v) is 3.29. The number of carbonyl (C=O) groups is 1. The van der Waals surface area contributed by atoms with Crippen LogP contribution in [-0.4, -0.2) is 48.1 Å². The average Bonchev–Trinajstić information content (AvgIpc) is 2.69. The van der Waals surface area contributed by atoms with Crippen molar-refractivity contribution in [1.29, 1.82) is 0 Å². The quantitative estimate of drug-likeness (QED) is 0.641. The van der Waals surface area contributed by atoms with Crippen LogP contribution >= 0.6 is 0 Å². The van der Waals surface area contributed by atoms with Gasteiger partial charge < -0.3 is 10.1 Å². The summed E-state index contributed by atoms with van der Waals surface area (Å²) < 4.78 is 18.7. The summed E-state index contributed by atoms with van der Waals surface area (Å²) in [5.41, 5.74) is 1.46. The highest BCUT2D eigenvalue weighted by Gasteiger charge is 2.27. The molecule has 1 fully saturated rings. The summed E-state index contributed by atoms with van der Waals surface area (Å²) in [6, 6.07) is 15.7. The van der Waals surface area contributed by atoms with E-state index in [0.29, 0.717) is 17.9 Å². The Morgan fingerprint density at radius 1 is 1.18 bits per heavy atom. The highest BCUT2D eigenvalue weighted by Crippen LogP contribution is 2.18. The average molecular weight is 379 g/mol. The summed E-state index contributed by atoms with van der Waals surface area (Å²) in [6.45, 7) is 3.21. The number of fused-ring (bicyclic) bond motifs is 1. The Balaban J connectivity index is 1.15. The number of halogens is 1. The van der Waals surface area contributed by atoms with Crippen LogP contribution in [0.25, 0.3) is 10.9 Å². The van der Waals surface area contributed by atoms with E-state index in [1.54, 1.807) is 18.3 Å². The van der Waals surface area contributed by atoms with Crippen LogP contribution in [0.2, 0.25) is 0 Å². The van der Waals surface area contributed by atoms with Gasteiger partial charge in [-0.1, -0.05) is 18.2 Å². The van der Waals surface area contributed by atoms with Gasteiger partial charge >= 0.3 is 0 Å². The van der Waals surface area contributed by atoms with Crippen molar-refractivity contribution in [2.75, 3.05) is 26.2 Å². The SMILES string of the molecule is O=C(NCCCN1CC(Oc2ccc(F)cc2)C1)c1cnc2ccccc2c1. The minimum Gasteiger partial charge on any atom is -0.488 e. The van der Waals surface area contributed by atoms with E-state index in [0.717, 1.165) is 37.0 Å². The second kappa shape index (κ2) is 8.35. The molecule has 144 valence electrons. The van der Waals surface area contributed by atoms with Crippen LogP contribution in [0, 0.1) is 5.82 Å². The lowest BCUT2D eigenvalue weighted by atomic mass is 10.1. The molecule has 1 amide bonds. The summed E-state index contributed by atoms with van der Waals surface area (Å²) in [5, 5.41) is 3.91. The zero-order valence-corrected chi connectivity index (χ0v) is 15.5. The van der Waals surface area contributed by atoms with Crippen molar-refractivity contribution in [3.63, 3.8) is 0 Å². The van der Waals surface area contributed by atoms with Gasteiger partial charge in [0.05, 0.1) is 11.1 Å². The molecule has 1 N–H and O–H groups in total. The Hall–Kier alpha value is -2.99. The van der Waals surface area contributed by atoms with Crippen LogP contribution in [0.15, 0.2) is 60.8 Å². The fourth-order valence-electron chi connectivity index (χ4n) is 3.29. The number of amides is 1. The van der Waals surface area contributed by atoms with Crippen molar-refractivity contribution < 1.29 is 13.9 Å². The van der Waals surface area contributed by atoms with Gasteiger partial charge in [0, 0.05) is 37.8 Å². The predicted octanol–water partition coefficient (Wildman–Crippen LogP) is 3.26. The molecule has 3 aromatic rings. The zero-order chi connectivity index (χ0) is 19.3. The Morgan fingerprint density at radius 3 is 2.79 bits per heavy atom. The highest BCUT2D eigenvalue weighted by atomic mass is 19.1. The van der Waals surface area contributed by atoms with E-state index in [9.17, 15) is 9.18 Å². The van der Waals surface area contributed by atoms with E-state index >= 15 is 0 Å². The molecule has 0 atom stereocenters. The summed E-state index contributed by atoms with van der Waals surface area (Å²) in [5.74, 6) is 0.339. The number of hydrogen-bond acceptors (Lipinski definition) is 4. The van der Waals surface area contributed by atoms with E-state index < -0.39 is 0 Å². The summed E-state index contributed by atoms with van der Waals surface area (Å²) in [7, 11) is 0. The number of likely N-dealkylation sites (tertiary alicyclic amines) is 1. The number of aromatic nitrogens is 1. The Bertz CT molecular complexity index is 955. The van der Waals surface area contributed by atoms with Gasteiger partial charge in [0.1, 0.15) is 17.7 Å². The van der Waals surface area contributed by atoms with Crippen LogP contribution in [-0.2, 0) is 0 Å². The zero-order valence-electron chi connectivity index (χ0n) is 15.5. The third-order valence-electron chi connectivity index (χ3n) is 4.83. The largest absolute Gasteiger partial charge is 0.488 e. The lowest BCUT2D eigenvalue weighted by Gasteiger charge is -2.39. The molecule has 1 aliphatic rings. The smallest absolute Gasteiger partial charge is 0.252 e. The lowest BCUT2D eigenvalue weighted by molar-refractivity contribution is 0.0194. The van der Waals surface area contributed by atoms with E-state index in [1.165, 1.54) is 12.1 Å². The standard InChI is InChI=1S/C22H22FN3O2/c23-18-6-8-19(9-7-18)28-20-14-26(15-20)11-3-10-24-22(27)17-12-16-4-1-2-5-21(16)25-13-17/h1-2,4-9,12-13,20H,3,10-11,14-15H2,(H,24,27). The van der Waals surface area contributed by atoms with Gasteiger partial charge in [0.2, 0.25) is 0 Å². The van der Waals surface area contributed by atoms with Crippen LogP contribution < -0.4 is 10.1 Å². The van der Waals surface area contributed by atoms with Gasteiger partial charge in [-0.25, -0.2) is 4.39 Å². The maximum atomic E-state index is 12.9. The number of nitrogens with zero attached hydrogens (tertiary/aromatic N) is 2. The lowest BCUT2D eigenvalue weighted by Crippen LogP contribution is -2.54. The first-order valence-corrected chi connectivity index (χ1v) is 9.45. The molecule has 2 aromatic carbocycles. The second-order valence-corrected chi connectivity index (χ2v) is 6.98. The summed E-state index contributed by atoms with van der Waals surface area (Å²) >= 11 is 0. The van der Waals surface area contributed by atoms with E-state index in [4.69, 9.17) is 4.74 Å². The number of hydrogen-bond donors (Lipinski definition) is 1. The highest BCUT2D eigenvalue weighted by molar-refractivity contribution is 5.97. The third kappa shape index (κ3) is 4.46. The van der Waals surface area contributed by atoms with Crippen LogP contribution in [0.5, 0.6) is 5.75 Å². The molecule has 1 aliphatic heterocycles.